The first-order valence-electron chi connectivity index (χ1n) is 6.22. The Hall–Kier alpha value is -2.11. The molecule has 19 heavy (non-hydrogen) atoms. The number of anilines is 1. The first kappa shape index (κ1) is 13.3. The van der Waals surface area contributed by atoms with Gasteiger partial charge in [0.1, 0.15) is 0 Å². The van der Waals surface area contributed by atoms with E-state index in [0.717, 1.165) is 19.3 Å². The molecule has 0 aromatic carbocycles. The Balaban J connectivity index is 1.93. The van der Waals surface area contributed by atoms with Gasteiger partial charge in [0.05, 0.1) is 30.3 Å². The molecule has 2 rings (SSSR count). The highest BCUT2D eigenvalue weighted by molar-refractivity contribution is 5.80. The van der Waals surface area contributed by atoms with Gasteiger partial charge >= 0.3 is 5.97 Å². The average Bonchev–Trinajstić information content (AvgIpc) is 2.28. The van der Waals surface area contributed by atoms with E-state index in [4.69, 9.17) is 10.8 Å². The van der Waals surface area contributed by atoms with Gasteiger partial charge < -0.3 is 16.2 Å². The van der Waals surface area contributed by atoms with Crippen LogP contribution in [0, 0.1) is 0 Å². The molecule has 6 nitrogen and oxygen atoms in total. The predicted octanol–water partition coefficient (Wildman–Crippen LogP) is 0.720. The first-order chi connectivity index (χ1) is 8.99. The number of nitrogens with one attached hydrogen (secondary N) is 1. The maximum Gasteiger partial charge on any atom is 0.305 e. The smallest absolute Gasteiger partial charge is 0.305 e. The van der Waals surface area contributed by atoms with Crippen LogP contribution in [-0.2, 0) is 16.0 Å². The van der Waals surface area contributed by atoms with Crippen LogP contribution in [0.5, 0.6) is 0 Å². The number of carbonyl (C=O) groups excluding carboxylic acids is 1. The highest BCUT2D eigenvalue weighted by atomic mass is 16.4. The molecular formula is C13H17N3O3. The van der Waals surface area contributed by atoms with Gasteiger partial charge in [-0.3, -0.25) is 14.6 Å². The molecule has 0 atom stereocenters. The number of amides is 1. The summed E-state index contributed by atoms with van der Waals surface area (Å²) < 4.78 is 0. The maximum atomic E-state index is 11.9. The third-order valence-electron chi connectivity index (χ3n) is 3.39. The van der Waals surface area contributed by atoms with Crippen LogP contribution in [0.2, 0.25) is 0 Å². The van der Waals surface area contributed by atoms with Gasteiger partial charge in [-0.2, -0.15) is 0 Å². The Morgan fingerprint density at radius 2 is 2.16 bits per heavy atom. The summed E-state index contributed by atoms with van der Waals surface area (Å²) in [4.78, 5) is 26.8. The van der Waals surface area contributed by atoms with Crippen molar-refractivity contribution in [2.24, 2.45) is 0 Å². The summed E-state index contributed by atoms with van der Waals surface area (Å²) in [7, 11) is 0. The lowest BCUT2D eigenvalue weighted by Gasteiger charge is -2.41. The number of pyridine rings is 1. The Kier molecular flexibility index (Phi) is 3.69. The number of nitrogens with zero attached hydrogens (tertiary/aromatic N) is 1. The molecule has 1 fully saturated rings. The summed E-state index contributed by atoms with van der Waals surface area (Å²) in [5, 5.41) is 11.7. The molecule has 0 spiro atoms. The number of hydrogen-bond acceptors (Lipinski definition) is 4. The summed E-state index contributed by atoms with van der Waals surface area (Å²) in [6.07, 6.45) is 4.02. The molecule has 0 aliphatic heterocycles. The van der Waals surface area contributed by atoms with Crippen LogP contribution in [0.15, 0.2) is 18.3 Å². The third-order valence-corrected chi connectivity index (χ3v) is 3.39. The second-order valence-corrected chi connectivity index (χ2v) is 5.01. The molecule has 1 aromatic rings. The Labute approximate surface area is 111 Å². The number of carbonyl (C=O) groups is 2. The van der Waals surface area contributed by atoms with Crippen LogP contribution >= 0.6 is 0 Å². The van der Waals surface area contributed by atoms with Gasteiger partial charge in [-0.15, -0.1) is 0 Å². The topological polar surface area (TPSA) is 105 Å². The molecule has 0 radical (unpaired) electrons. The van der Waals surface area contributed by atoms with Crippen molar-refractivity contribution in [1.29, 1.82) is 0 Å². The normalized spacial score (nSPS) is 16.4. The molecular weight excluding hydrogens is 246 g/mol. The van der Waals surface area contributed by atoms with Gasteiger partial charge in [-0.05, 0) is 31.4 Å². The zero-order chi connectivity index (χ0) is 13.9. The van der Waals surface area contributed by atoms with Crippen LogP contribution in [-0.4, -0.2) is 27.5 Å². The number of aromatic nitrogens is 1. The number of nitrogens with two attached hydrogens (primary N) is 1. The third kappa shape index (κ3) is 3.43. The van der Waals surface area contributed by atoms with Crippen LogP contribution in [0.25, 0.3) is 0 Å². The molecule has 0 unspecified atom stereocenters. The molecule has 4 N–H and O–H groups in total. The van der Waals surface area contributed by atoms with Gasteiger partial charge in [-0.1, -0.05) is 0 Å². The van der Waals surface area contributed by atoms with Crippen molar-refractivity contribution >= 4 is 17.6 Å². The first-order valence-corrected chi connectivity index (χ1v) is 6.22. The highest BCUT2D eigenvalue weighted by Crippen LogP contribution is 2.34. The average molecular weight is 263 g/mol. The largest absolute Gasteiger partial charge is 0.481 e. The molecule has 6 heteroatoms. The lowest BCUT2D eigenvalue weighted by Crippen LogP contribution is -2.55. The number of nitrogen functional groups attached to an aromatic ring is 1. The van der Waals surface area contributed by atoms with E-state index in [1.54, 1.807) is 12.1 Å². The van der Waals surface area contributed by atoms with Crippen molar-refractivity contribution in [3.63, 3.8) is 0 Å². The van der Waals surface area contributed by atoms with Crippen molar-refractivity contribution < 1.29 is 14.7 Å². The number of carboxylic acid groups (broad SMARTS) is 1. The second kappa shape index (κ2) is 5.26. The van der Waals surface area contributed by atoms with E-state index >= 15 is 0 Å². The number of rotatable bonds is 5. The van der Waals surface area contributed by atoms with Crippen molar-refractivity contribution in [3.05, 3.63) is 24.0 Å². The van der Waals surface area contributed by atoms with Crippen molar-refractivity contribution in [2.75, 3.05) is 5.73 Å². The highest BCUT2D eigenvalue weighted by Gasteiger charge is 2.40. The van der Waals surface area contributed by atoms with Crippen LogP contribution in [0.3, 0.4) is 0 Å². The molecule has 0 bridgehead atoms. The molecule has 1 saturated carbocycles. The fourth-order valence-electron chi connectivity index (χ4n) is 2.28. The summed E-state index contributed by atoms with van der Waals surface area (Å²) in [5.74, 6) is -1.08. The van der Waals surface area contributed by atoms with E-state index in [2.05, 4.69) is 10.3 Å². The Morgan fingerprint density at radius 1 is 1.42 bits per heavy atom. The molecule has 1 amide bonds. The van der Waals surface area contributed by atoms with Crippen molar-refractivity contribution in [2.45, 2.75) is 37.6 Å². The minimum absolute atomic E-state index is 0.0199. The molecule has 1 heterocycles. The number of carboxylic acids is 1. The zero-order valence-corrected chi connectivity index (χ0v) is 10.6. The maximum absolute atomic E-state index is 11.9. The van der Waals surface area contributed by atoms with E-state index in [1.807, 2.05) is 0 Å². The minimum Gasteiger partial charge on any atom is -0.481 e. The van der Waals surface area contributed by atoms with Gasteiger partial charge in [0.2, 0.25) is 5.91 Å². The molecule has 1 aliphatic carbocycles. The van der Waals surface area contributed by atoms with E-state index in [-0.39, 0.29) is 18.7 Å². The molecule has 0 saturated heterocycles. The van der Waals surface area contributed by atoms with Gasteiger partial charge in [0.15, 0.2) is 0 Å². The number of hydrogen-bond donors (Lipinski definition) is 3. The van der Waals surface area contributed by atoms with Gasteiger partial charge in [0, 0.05) is 5.69 Å². The molecule has 1 aliphatic rings. The SMILES string of the molecule is Nc1ccc(CC(=O)NC2(CC(=O)O)CCC2)nc1. The molecule has 102 valence electrons. The van der Waals surface area contributed by atoms with E-state index in [1.165, 1.54) is 6.20 Å². The number of aliphatic carboxylic acids is 1. The fraction of sp³-hybridized carbons (Fsp3) is 0.462. The fourth-order valence-corrected chi connectivity index (χ4v) is 2.28. The summed E-state index contributed by atoms with van der Waals surface area (Å²) in [6, 6.07) is 3.38. The standard InChI is InChI=1S/C13H17N3O3/c14-9-2-3-10(15-8-9)6-11(17)16-13(4-1-5-13)7-12(18)19/h2-3,8H,1,4-7,14H2,(H,16,17)(H,18,19). The van der Waals surface area contributed by atoms with E-state index < -0.39 is 11.5 Å². The molecule has 1 aromatic heterocycles. The van der Waals surface area contributed by atoms with Crippen LogP contribution in [0.1, 0.15) is 31.4 Å². The quantitative estimate of drug-likeness (QED) is 0.726. The van der Waals surface area contributed by atoms with Gasteiger partial charge in [-0.25, -0.2) is 0 Å². The van der Waals surface area contributed by atoms with Gasteiger partial charge in [0.25, 0.3) is 0 Å². The van der Waals surface area contributed by atoms with E-state index in [9.17, 15) is 9.59 Å². The summed E-state index contributed by atoms with van der Waals surface area (Å²) >= 11 is 0. The summed E-state index contributed by atoms with van der Waals surface area (Å²) in [5.41, 5.74) is 6.13. The monoisotopic (exact) mass is 263 g/mol. The predicted molar refractivity (Wildman–Crippen MR) is 69.3 cm³/mol. The van der Waals surface area contributed by atoms with Crippen LogP contribution < -0.4 is 11.1 Å². The van der Waals surface area contributed by atoms with Crippen molar-refractivity contribution in [1.82, 2.24) is 10.3 Å². The van der Waals surface area contributed by atoms with E-state index in [0.29, 0.717) is 11.4 Å². The van der Waals surface area contributed by atoms with Crippen molar-refractivity contribution in [3.8, 4) is 0 Å². The zero-order valence-electron chi connectivity index (χ0n) is 10.6. The lowest BCUT2D eigenvalue weighted by atomic mass is 9.74. The Bertz CT molecular complexity index is 480. The summed E-state index contributed by atoms with van der Waals surface area (Å²) in [6.45, 7) is 0. The Morgan fingerprint density at radius 3 is 2.63 bits per heavy atom. The van der Waals surface area contributed by atoms with Crippen LogP contribution in [0.4, 0.5) is 5.69 Å². The lowest BCUT2D eigenvalue weighted by molar-refractivity contribution is -0.140. The second-order valence-electron chi connectivity index (χ2n) is 5.01. The minimum atomic E-state index is -0.884.